The van der Waals surface area contributed by atoms with Crippen LogP contribution in [0.15, 0.2) is 87.9 Å². The number of hydrogen-bond acceptors (Lipinski definition) is 11. The van der Waals surface area contributed by atoms with Gasteiger partial charge in [0.15, 0.2) is 0 Å². The molecule has 59 heavy (non-hydrogen) atoms. The summed E-state index contributed by atoms with van der Waals surface area (Å²) in [5, 5.41) is 27.1. The molecular formula is C44H58N8O5SZn-2. The number of benzene rings is 3. The van der Waals surface area contributed by atoms with Crippen LogP contribution in [0.25, 0.3) is 22.4 Å². The standard InChI is InChI=1S/C38H44N7O5S.C6H15N.Zn/c1-6-7-8-9-10-16-23-49-37(47)29-20-15-14-19-27(29)25-39-36(46)30-24-28(51-50-48-5)21-22-31(30)40-41-32-33(38(2,3)4)44-45-34(42-43-35(32)45)26-17-12-11-13-18-26;1-4-7(5-2)6-3;/h11-15,17-22,24H,6-10,16,23,25H2,1-5H3,(H-,39,40,43,44,46);4-6H2,1-3H3;/q-1;;/p-1. The summed E-state index contributed by atoms with van der Waals surface area (Å²) in [5.74, 6) is -0.396. The van der Waals surface area contributed by atoms with E-state index in [-0.39, 0.29) is 37.3 Å². The Bertz CT molecular complexity index is 2060. The molecule has 0 atom stereocenters. The van der Waals surface area contributed by atoms with E-state index in [4.69, 9.17) is 19.1 Å². The number of fused-ring (bicyclic) bond motifs is 1. The van der Waals surface area contributed by atoms with Crippen LogP contribution in [0.1, 0.15) is 119 Å². The van der Waals surface area contributed by atoms with E-state index in [1.165, 1.54) is 46.0 Å². The zero-order valence-corrected chi connectivity index (χ0v) is 39.7. The number of esters is 1. The number of unbranched alkanes of at least 4 members (excludes halogenated alkanes) is 5. The Morgan fingerprint density at radius 1 is 0.864 bits per heavy atom. The molecule has 0 radical (unpaired) electrons. The van der Waals surface area contributed by atoms with Crippen LogP contribution in [0.3, 0.4) is 0 Å². The van der Waals surface area contributed by atoms with Crippen LogP contribution >= 0.6 is 12.0 Å². The third-order valence-electron chi connectivity index (χ3n) is 9.38. The van der Waals surface area contributed by atoms with E-state index in [1.807, 2.05) is 51.1 Å². The second-order valence-corrected chi connectivity index (χ2v) is 15.3. The fourth-order valence-corrected chi connectivity index (χ4v) is 6.47. The van der Waals surface area contributed by atoms with Gasteiger partial charge in [-0.3, -0.25) is 10.2 Å². The monoisotopic (exact) mass is 874 g/mol. The molecule has 15 heteroatoms. The van der Waals surface area contributed by atoms with Crippen LogP contribution in [0.4, 0.5) is 11.4 Å². The fourth-order valence-electron chi connectivity index (χ4n) is 6.04. The smallest absolute Gasteiger partial charge is 0.338 e. The molecule has 3 aromatic carbocycles. The predicted molar refractivity (Wildman–Crippen MR) is 230 cm³/mol. The van der Waals surface area contributed by atoms with Gasteiger partial charge in [-0.05, 0) is 55.9 Å². The SMILES string of the molecule is CCCCCCCCOC(=O)c1ccccc1C[N-]C(=O)c1cc(SOOC)ccc1N=Nc1c(C(C)(C)C)nn2c(-c3ccccc3)n[n-]c12.CCN(CC)CC.[Zn]. The van der Waals surface area contributed by atoms with Gasteiger partial charge < -0.3 is 29.4 Å². The summed E-state index contributed by atoms with van der Waals surface area (Å²) < 4.78 is 12.3. The van der Waals surface area contributed by atoms with E-state index in [0.717, 1.165) is 36.9 Å². The maximum absolute atomic E-state index is 13.7. The van der Waals surface area contributed by atoms with E-state index < -0.39 is 17.3 Å². The molecule has 2 heterocycles. The Balaban J connectivity index is 0.00000107. The van der Waals surface area contributed by atoms with E-state index in [9.17, 15) is 9.59 Å². The molecule has 0 bridgehead atoms. The molecule has 5 rings (SSSR count). The minimum Gasteiger partial charge on any atom is -0.645 e. The molecule has 0 N–H and O–H groups in total. The number of hydrogen-bond donors (Lipinski definition) is 0. The van der Waals surface area contributed by atoms with Crippen LogP contribution < -0.4 is 5.10 Å². The number of carbonyl (C=O) groups is 2. The van der Waals surface area contributed by atoms with E-state index in [2.05, 4.69) is 58.3 Å². The van der Waals surface area contributed by atoms with Crippen molar-refractivity contribution in [3.63, 3.8) is 0 Å². The summed E-state index contributed by atoms with van der Waals surface area (Å²) in [4.78, 5) is 34.4. The Morgan fingerprint density at radius 2 is 1.54 bits per heavy atom. The van der Waals surface area contributed by atoms with E-state index in [1.54, 1.807) is 47.0 Å². The second kappa shape index (κ2) is 25.4. The number of aromatic nitrogens is 4. The van der Waals surface area contributed by atoms with Crippen LogP contribution in [0.2, 0.25) is 0 Å². The predicted octanol–water partition coefficient (Wildman–Crippen LogP) is 11.2. The van der Waals surface area contributed by atoms with Crippen molar-refractivity contribution >= 4 is 40.9 Å². The number of rotatable bonds is 20. The molecule has 0 spiro atoms. The molecular weight excluding hydrogens is 818 g/mol. The zero-order chi connectivity index (χ0) is 41.9. The second-order valence-electron chi connectivity index (χ2n) is 14.6. The Hall–Kier alpha value is -4.27. The molecule has 0 aliphatic heterocycles. The first-order valence-corrected chi connectivity index (χ1v) is 20.9. The maximum atomic E-state index is 13.7. The number of carbonyl (C=O) groups excluding carboxylic acids is 2. The molecule has 314 valence electrons. The van der Waals surface area contributed by atoms with Gasteiger partial charge in [0.25, 0.3) is 0 Å². The van der Waals surface area contributed by atoms with Crippen LogP contribution in [-0.4, -0.2) is 64.8 Å². The summed E-state index contributed by atoms with van der Waals surface area (Å²) in [7, 11) is 1.39. The van der Waals surface area contributed by atoms with Gasteiger partial charge in [0.2, 0.25) is 0 Å². The average molecular weight is 876 g/mol. The molecule has 0 aliphatic rings. The van der Waals surface area contributed by atoms with Crippen molar-refractivity contribution in [2.24, 2.45) is 10.2 Å². The van der Waals surface area contributed by atoms with Gasteiger partial charge in [-0.25, -0.2) is 9.68 Å². The average Bonchev–Trinajstić information content (AvgIpc) is 3.82. The van der Waals surface area contributed by atoms with Crippen molar-refractivity contribution in [2.45, 2.75) is 104 Å². The minimum atomic E-state index is -0.547. The van der Waals surface area contributed by atoms with Crippen molar-refractivity contribution in [2.75, 3.05) is 33.4 Å². The number of nitrogens with zero attached hydrogens (tertiary/aromatic N) is 8. The minimum absolute atomic E-state index is 0. The van der Waals surface area contributed by atoms with Gasteiger partial charge in [0.1, 0.15) is 5.69 Å². The summed E-state index contributed by atoms with van der Waals surface area (Å²) >= 11 is 0.939. The molecule has 1 amide bonds. The largest absolute Gasteiger partial charge is 0.645 e. The first kappa shape index (κ1) is 49.1. The molecule has 0 saturated heterocycles. The normalized spacial score (nSPS) is 11.4. The molecule has 0 unspecified atom stereocenters. The third-order valence-corrected chi connectivity index (χ3v) is 10.0. The van der Waals surface area contributed by atoms with Crippen LogP contribution in [0.5, 0.6) is 0 Å². The van der Waals surface area contributed by atoms with Gasteiger partial charge in [0, 0.05) is 41.0 Å². The van der Waals surface area contributed by atoms with Gasteiger partial charge in [-0.2, -0.15) is 4.33 Å². The van der Waals surface area contributed by atoms with Gasteiger partial charge in [0.05, 0.1) is 54.4 Å². The van der Waals surface area contributed by atoms with Crippen molar-refractivity contribution in [3.05, 3.63) is 100 Å². The van der Waals surface area contributed by atoms with Gasteiger partial charge >= 0.3 is 5.97 Å². The van der Waals surface area contributed by atoms with E-state index >= 15 is 0 Å². The van der Waals surface area contributed by atoms with Crippen LogP contribution in [-0.2, 0) is 45.4 Å². The summed E-state index contributed by atoms with van der Waals surface area (Å²) in [6.45, 7) is 18.7. The van der Waals surface area contributed by atoms with Crippen LogP contribution in [0, 0.1) is 0 Å². The molecule has 13 nitrogen and oxygen atoms in total. The quantitative estimate of drug-likeness (QED) is 0.0141. The fraction of sp³-hybridized carbons (Fsp3) is 0.455. The van der Waals surface area contributed by atoms with E-state index in [0.29, 0.717) is 45.5 Å². The molecule has 0 fully saturated rings. The summed E-state index contributed by atoms with van der Waals surface area (Å²) in [6, 6.07) is 21.7. The number of ether oxygens (including phenoxy) is 1. The Kier molecular flexibility index (Phi) is 21.1. The van der Waals surface area contributed by atoms with Gasteiger partial charge in [-0.15, -0.1) is 16.8 Å². The summed E-state index contributed by atoms with van der Waals surface area (Å²) in [6.07, 6.45) is 6.56. The van der Waals surface area contributed by atoms with Crippen molar-refractivity contribution in [1.29, 1.82) is 0 Å². The molecule has 0 saturated carbocycles. The molecule has 5 aromatic rings. The third kappa shape index (κ3) is 14.5. The van der Waals surface area contributed by atoms with Crippen molar-refractivity contribution < 1.29 is 43.0 Å². The van der Waals surface area contributed by atoms with Gasteiger partial charge in [-0.1, -0.05) is 135 Å². The topological polar surface area (TPSA) is 148 Å². The first-order valence-electron chi connectivity index (χ1n) is 20.2. The number of amides is 1. The zero-order valence-electron chi connectivity index (χ0n) is 35.9. The Morgan fingerprint density at radius 3 is 2.20 bits per heavy atom. The first-order chi connectivity index (χ1) is 28.1. The maximum Gasteiger partial charge on any atom is 0.338 e. The number of azo groups is 1. The molecule has 2 aromatic heterocycles. The summed E-state index contributed by atoms with van der Waals surface area (Å²) in [5.41, 5.74) is 3.44. The van der Waals surface area contributed by atoms with Crippen molar-refractivity contribution in [1.82, 2.24) is 24.7 Å². The van der Waals surface area contributed by atoms with Crippen molar-refractivity contribution in [3.8, 4) is 11.4 Å². The molecule has 0 aliphatic carbocycles. The Labute approximate surface area is 366 Å².